The van der Waals surface area contributed by atoms with Crippen molar-refractivity contribution < 1.29 is 0 Å². The summed E-state index contributed by atoms with van der Waals surface area (Å²) in [6.45, 7) is 4.28. The Labute approximate surface area is 100 Å². The normalized spacial score (nSPS) is 18.8. The molecule has 0 aliphatic heterocycles. The van der Waals surface area contributed by atoms with E-state index >= 15 is 0 Å². The molecule has 0 aromatic carbocycles. The zero-order valence-electron chi connectivity index (χ0n) is 9.05. The van der Waals surface area contributed by atoms with Crippen LogP contribution in [0.5, 0.6) is 0 Å². The minimum Gasteiger partial charge on any atom is -0.310 e. The van der Waals surface area contributed by atoms with Crippen LogP contribution in [-0.4, -0.2) is 11.5 Å². The Morgan fingerprint density at radius 1 is 1.60 bits per heavy atom. The SMILES string of the molecule is CCC1(CNCc2ncc(Cl)s2)CCC1. The van der Waals surface area contributed by atoms with E-state index in [1.54, 1.807) is 17.5 Å². The van der Waals surface area contributed by atoms with E-state index < -0.39 is 0 Å². The van der Waals surface area contributed by atoms with Gasteiger partial charge < -0.3 is 5.32 Å². The number of thiazole rings is 1. The van der Waals surface area contributed by atoms with Gasteiger partial charge in [0.25, 0.3) is 0 Å². The van der Waals surface area contributed by atoms with Crippen LogP contribution in [0.1, 0.15) is 37.6 Å². The van der Waals surface area contributed by atoms with Crippen molar-refractivity contribution >= 4 is 22.9 Å². The first kappa shape index (κ1) is 11.4. The van der Waals surface area contributed by atoms with Crippen LogP contribution in [0.4, 0.5) is 0 Å². The first-order chi connectivity index (χ1) is 7.24. The van der Waals surface area contributed by atoms with Gasteiger partial charge in [0, 0.05) is 13.1 Å². The molecule has 0 radical (unpaired) electrons. The van der Waals surface area contributed by atoms with Crippen LogP contribution in [0.15, 0.2) is 6.20 Å². The van der Waals surface area contributed by atoms with E-state index in [0.717, 1.165) is 22.4 Å². The van der Waals surface area contributed by atoms with Crippen molar-refractivity contribution in [2.75, 3.05) is 6.54 Å². The minimum absolute atomic E-state index is 0.584. The van der Waals surface area contributed by atoms with E-state index in [1.807, 2.05) is 0 Å². The van der Waals surface area contributed by atoms with Crippen LogP contribution in [0.3, 0.4) is 0 Å². The molecule has 15 heavy (non-hydrogen) atoms. The summed E-state index contributed by atoms with van der Waals surface area (Å²) in [6, 6.07) is 0. The number of halogens is 1. The Kier molecular flexibility index (Phi) is 3.65. The Morgan fingerprint density at radius 3 is 2.87 bits per heavy atom. The van der Waals surface area contributed by atoms with Crippen LogP contribution in [0.25, 0.3) is 0 Å². The number of hydrogen-bond acceptors (Lipinski definition) is 3. The van der Waals surface area contributed by atoms with Crippen molar-refractivity contribution in [1.82, 2.24) is 10.3 Å². The Balaban J connectivity index is 1.74. The molecule has 1 aliphatic rings. The largest absolute Gasteiger partial charge is 0.310 e. The molecule has 2 rings (SSSR count). The highest BCUT2D eigenvalue weighted by Gasteiger charge is 2.34. The molecule has 2 nitrogen and oxygen atoms in total. The molecule has 1 fully saturated rings. The lowest BCUT2D eigenvalue weighted by Gasteiger charge is -2.41. The lowest BCUT2D eigenvalue weighted by molar-refractivity contribution is 0.124. The number of nitrogens with zero attached hydrogens (tertiary/aromatic N) is 1. The predicted octanol–water partition coefficient (Wildman–Crippen LogP) is 3.47. The molecule has 0 unspecified atom stereocenters. The van der Waals surface area contributed by atoms with Gasteiger partial charge in [0.15, 0.2) is 0 Å². The van der Waals surface area contributed by atoms with Gasteiger partial charge >= 0.3 is 0 Å². The standard InChI is InChI=1S/C11H17ClN2S/c1-2-11(4-3-5-11)8-13-7-10-14-6-9(12)15-10/h6,13H,2-5,7-8H2,1H3. The molecule has 1 aromatic heterocycles. The smallest absolute Gasteiger partial charge is 0.113 e. The molecule has 1 aromatic rings. The Bertz CT molecular complexity index is 315. The third-order valence-electron chi connectivity index (χ3n) is 3.47. The first-order valence-corrected chi connectivity index (χ1v) is 6.74. The number of rotatable bonds is 5. The fraction of sp³-hybridized carbons (Fsp3) is 0.727. The molecule has 84 valence electrons. The van der Waals surface area contributed by atoms with Gasteiger partial charge in [-0.1, -0.05) is 24.9 Å². The Morgan fingerprint density at radius 2 is 2.40 bits per heavy atom. The second-order valence-electron chi connectivity index (χ2n) is 4.37. The maximum Gasteiger partial charge on any atom is 0.113 e. The van der Waals surface area contributed by atoms with Crippen molar-refractivity contribution in [2.24, 2.45) is 5.41 Å². The summed E-state index contributed by atoms with van der Waals surface area (Å²) in [5, 5.41) is 4.59. The van der Waals surface area contributed by atoms with Crippen molar-refractivity contribution in [3.8, 4) is 0 Å². The minimum atomic E-state index is 0.584. The summed E-state index contributed by atoms with van der Waals surface area (Å²) in [7, 11) is 0. The summed E-state index contributed by atoms with van der Waals surface area (Å²) in [5.41, 5.74) is 0.584. The lowest BCUT2D eigenvalue weighted by atomic mass is 9.67. The average Bonchev–Trinajstić information content (AvgIpc) is 2.56. The molecule has 1 heterocycles. The van der Waals surface area contributed by atoms with E-state index in [1.165, 1.54) is 25.7 Å². The van der Waals surface area contributed by atoms with E-state index in [4.69, 9.17) is 11.6 Å². The third-order valence-corrected chi connectivity index (χ3v) is 4.58. The molecule has 0 bridgehead atoms. The van der Waals surface area contributed by atoms with Crippen molar-refractivity contribution in [3.05, 3.63) is 15.5 Å². The van der Waals surface area contributed by atoms with Gasteiger partial charge in [-0.25, -0.2) is 4.98 Å². The molecule has 4 heteroatoms. The van der Waals surface area contributed by atoms with Crippen molar-refractivity contribution in [3.63, 3.8) is 0 Å². The highest BCUT2D eigenvalue weighted by atomic mass is 35.5. The topological polar surface area (TPSA) is 24.9 Å². The van der Waals surface area contributed by atoms with Crippen molar-refractivity contribution in [1.29, 1.82) is 0 Å². The van der Waals surface area contributed by atoms with Gasteiger partial charge in [-0.2, -0.15) is 0 Å². The molecular weight excluding hydrogens is 228 g/mol. The molecule has 0 atom stereocenters. The average molecular weight is 245 g/mol. The molecule has 1 aliphatic carbocycles. The van der Waals surface area contributed by atoms with Gasteiger partial charge in [-0.05, 0) is 24.7 Å². The highest BCUT2D eigenvalue weighted by Crippen LogP contribution is 2.43. The van der Waals surface area contributed by atoms with Crippen molar-refractivity contribution in [2.45, 2.75) is 39.2 Å². The van der Waals surface area contributed by atoms with Gasteiger partial charge in [0.05, 0.1) is 6.20 Å². The van der Waals surface area contributed by atoms with E-state index in [-0.39, 0.29) is 0 Å². The number of nitrogens with one attached hydrogen (secondary N) is 1. The third kappa shape index (κ3) is 2.71. The highest BCUT2D eigenvalue weighted by molar-refractivity contribution is 7.15. The molecule has 0 spiro atoms. The quantitative estimate of drug-likeness (QED) is 0.858. The fourth-order valence-corrected chi connectivity index (χ4v) is 3.06. The van der Waals surface area contributed by atoms with Crippen LogP contribution in [0.2, 0.25) is 4.34 Å². The number of hydrogen-bond donors (Lipinski definition) is 1. The molecule has 1 saturated carbocycles. The summed E-state index contributed by atoms with van der Waals surface area (Å²) in [6.07, 6.45) is 7.18. The van der Waals surface area contributed by atoms with Gasteiger partial charge in [-0.3, -0.25) is 0 Å². The second-order valence-corrected chi connectivity index (χ2v) is 6.12. The first-order valence-electron chi connectivity index (χ1n) is 5.55. The zero-order chi connectivity index (χ0) is 10.7. The van der Waals surface area contributed by atoms with Gasteiger partial charge in [0.2, 0.25) is 0 Å². The van der Waals surface area contributed by atoms with Gasteiger partial charge in [0.1, 0.15) is 9.34 Å². The Hall–Kier alpha value is -0.120. The molecule has 1 N–H and O–H groups in total. The molecule has 0 amide bonds. The summed E-state index contributed by atoms with van der Waals surface area (Å²) < 4.78 is 0.778. The van der Waals surface area contributed by atoms with E-state index in [9.17, 15) is 0 Å². The van der Waals surface area contributed by atoms with Crippen LogP contribution in [-0.2, 0) is 6.54 Å². The predicted molar refractivity (Wildman–Crippen MR) is 65.4 cm³/mol. The maximum atomic E-state index is 5.82. The lowest BCUT2D eigenvalue weighted by Crippen LogP contribution is -2.39. The van der Waals surface area contributed by atoms with Gasteiger partial charge in [-0.15, -0.1) is 11.3 Å². The van der Waals surface area contributed by atoms with E-state index in [0.29, 0.717) is 5.41 Å². The van der Waals surface area contributed by atoms with E-state index in [2.05, 4.69) is 17.2 Å². The summed E-state index contributed by atoms with van der Waals surface area (Å²) >= 11 is 7.39. The van der Waals surface area contributed by atoms with Crippen LogP contribution < -0.4 is 5.32 Å². The fourth-order valence-electron chi connectivity index (χ4n) is 2.14. The molecular formula is C11H17ClN2S. The maximum absolute atomic E-state index is 5.82. The van der Waals surface area contributed by atoms with Crippen LogP contribution >= 0.6 is 22.9 Å². The zero-order valence-corrected chi connectivity index (χ0v) is 10.6. The summed E-state index contributed by atoms with van der Waals surface area (Å²) in [5.74, 6) is 0. The second kappa shape index (κ2) is 4.81. The summed E-state index contributed by atoms with van der Waals surface area (Å²) in [4.78, 5) is 4.23. The van der Waals surface area contributed by atoms with Crippen LogP contribution in [0, 0.1) is 5.41 Å². The monoisotopic (exact) mass is 244 g/mol. The number of aromatic nitrogens is 1. The molecule has 0 saturated heterocycles.